The van der Waals surface area contributed by atoms with Crippen LogP contribution in [0.25, 0.3) is 6.08 Å². The van der Waals surface area contributed by atoms with E-state index in [0.717, 1.165) is 42.5 Å². The lowest BCUT2D eigenvalue weighted by Gasteiger charge is -2.54. The van der Waals surface area contributed by atoms with E-state index >= 15 is 0 Å². The first-order valence-corrected chi connectivity index (χ1v) is 11.3. The average molecular weight is 412 g/mol. The SMILES string of the molecule is CC[C@@]12CC(=Cc3ccccc3)[C@](O)(c3ccccn3)C[C@H]1CCc1cc(O)ccc12. The number of hydrogen-bond acceptors (Lipinski definition) is 3. The minimum Gasteiger partial charge on any atom is -0.508 e. The van der Waals surface area contributed by atoms with Crippen LogP contribution in [0.4, 0.5) is 0 Å². The average Bonchev–Trinajstić information content (AvgIpc) is 2.80. The Bertz CT molecular complexity index is 1110. The molecule has 3 heteroatoms. The number of aliphatic hydroxyl groups is 1. The number of aromatic nitrogens is 1. The summed E-state index contributed by atoms with van der Waals surface area (Å²) in [6, 6.07) is 21.9. The molecular weight excluding hydrogens is 382 g/mol. The van der Waals surface area contributed by atoms with Gasteiger partial charge in [0.15, 0.2) is 0 Å². The minimum atomic E-state index is -1.07. The van der Waals surface area contributed by atoms with E-state index in [2.05, 4.69) is 36.2 Å². The van der Waals surface area contributed by atoms with Gasteiger partial charge in [-0.2, -0.15) is 0 Å². The summed E-state index contributed by atoms with van der Waals surface area (Å²) >= 11 is 0. The lowest BCUT2D eigenvalue weighted by Crippen LogP contribution is -2.50. The van der Waals surface area contributed by atoms with Crippen LogP contribution in [0.5, 0.6) is 5.75 Å². The van der Waals surface area contributed by atoms with Gasteiger partial charge < -0.3 is 10.2 Å². The maximum absolute atomic E-state index is 12.1. The van der Waals surface area contributed by atoms with Gasteiger partial charge in [-0.15, -0.1) is 0 Å². The smallest absolute Gasteiger partial charge is 0.128 e. The van der Waals surface area contributed by atoms with Crippen molar-refractivity contribution >= 4 is 6.08 Å². The summed E-state index contributed by atoms with van der Waals surface area (Å²) in [6.07, 6.45) is 8.33. The van der Waals surface area contributed by atoms with Gasteiger partial charge in [0.25, 0.3) is 0 Å². The van der Waals surface area contributed by atoms with Gasteiger partial charge in [-0.05, 0) is 84.6 Å². The van der Waals surface area contributed by atoms with E-state index < -0.39 is 5.60 Å². The summed E-state index contributed by atoms with van der Waals surface area (Å²) in [7, 11) is 0. The molecule has 0 aliphatic heterocycles. The molecule has 0 spiro atoms. The zero-order chi connectivity index (χ0) is 21.5. The number of rotatable bonds is 3. The predicted molar refractivity (Wildman–Crippen MR) is 124 cm³/mol. The molecule has 31 heavy (non-hydrogen) atoms. The van der Waals surface area contributed by atoms with E-state index in [9.17, 15) is 10.2 Å². The third kappa shape index (κ3) is 3.28. The molecule has 0 radical (unpaired) electrons. The number of aromatic hydroxyl groups is 1. The normalized spacial score (nSPS) is 28.7. The molecule has 0 amide bonds. The van der Waals surface area contributed by atoms with Crippen molar-refractivity contribution in [1.29, 1.82) is 0 Å². The summed E-state index contributed by atoms with van der Waals surface area (Å²) in [5.74, 6) is 0.693. The van der Waals surface area contributed by atoms with Crippen molar-refractivity contribution in [3.63, 3.8) is 0 Å². The lowest BCUT2D eigenvalue weighted by atomic mass is 9.51. The van der Waals surface area contributed by atoms with Crippen LogP contribution in [0.15, 0.2) is 78.5 Å². The molecule has 2 aliphatic rings. The van der Waals surface area contributed by atoms with Gasteiger partial charge >= 0.3 is 0 Å². The summed E-state index contributed by atoms with van der Waals surface area (Å²) in [5, 5.41) is 22.2. The highest BCUT2D eigenvalue weighted by Crippen LogP contribution is 2.58. The maximum atomic E-state index is 12.1. The van der Waals surface area contributed by atoms with Crippen molar-refractivity contribution in [2.45, 2.75) is 50.0 Å². The maximum Gasteiger partial charge on any atom is 0.128 e. The Hall–Kier alpha value is -2.91. The fraction of sp³-hybridized carbons (Fsp3) is 0.321. The Balaban J connectivity index is 1.68. The number of benzene rings is 2. The monoisotopic (exact) mass is 411 g/mol. The van der Waals surface area contributed by atoms with E-state index in [1.807, 2.05) is 48.5 Å². The second kappa shape index (κ2) is 7.65. The number of aryl methyl sites for hydroxylation is 1. The molecule has 158 valence electrons. The van der Waals surface area contributed by atoms with Gasteiger partial charge in [-0.3, -0.25) is 4.98 Å². The molecule has 1 fully saturated rings. The second-order valence-electron chi connectivity index (χ2n) is 9.12. The fourth-order valence-electron chi connectivity index (χ4n) is 6.01. The van der Waals surface area contributed by atoms with Crippen LogP contribution in [0.3, 0.4) is 0 Å². The zero-order valence-electron chi connectivity index (χ0n) is 18.0. The summed E-state index contributed by atoms with van der Waals surface area (Å²) in [5.41, 5.74) is 4.33. The number of fused-ring (bicyclic) bond motifs is 3. The van der Waals surface area contributed by atoms with Crippen LogP contribution in [0, 0.1) is 5.92 Å². The van der Waals surface area contributed by atoms with Crippen molar-refractivity contribution in [3.05, 3.63) is 101 Å². The number of pyridine rings is 1. The molecule has 2 aliphatic carbocycles. The highest BCUT2D eigenvalue weighted by molar-refractivity contribution is 5.58. The topological polar surface area (TPSA) is 53.4 Å². The molecule has 5 rings (SSSR count). The van der Waals surface area contributed by atoms with Crippen molar-refractivity contribution < 1.29 is 10.2 Å². The number of hydrogen-bond donors (Lipinski definition) is 2. The van der Waals surface area contributed by atoms with Gasteiger partial charge in [-0.25, -0.2) is 0 Å². The fourth-order valence-corrected chi connectivity index (χ4v) is 6.01. The van der Waals surface area contributed by atoms with E-state index in [1.165, 1.54) is 11.1 Å². The van der Waals surface area contributed by atoms with Crippen LogP contribution < -0.4 is 0 Å². The van der Waals surface area contributed by atoms with Gasteiger partial charge in [-0.1, -0.05) is 55.5 Å². The number of phenols is 1. The minimum absolute atomic E-state index is 0.0388. The number of phenolic OH excluding ortho intramolecular Hbond substituents is 1. The largest absolute Gasteiger partial charge is 0.508 e. The van der Waals surface area contributed by atoms with Crippen LogP contribution in [-0.4, -0.2) is 15.2 Å². The Morgan fingerprint density at radius 2 is 1.87 bits per heavy atom. The molecule has 2 aromatic carbocycles. The first-order chi connectivity index (χ1) is 15.0. The lowest BCUT2D eigenvalue weighted by molar-refractivity contribution is -0.0116. The first kappa shape index (κ1) is 20.0. The van der Waals surface area contributed by atoms with Crippen LogP contribution in [0.1, 0.15) is 55.0 Å². The predicted octanol–water partition coefficient (Wildman–Crippen LogP) is 5.76. The molecular formula is C28H29NO2. The third-order valence-corrected chi connectivity index (χ3v) is 7.61. The highest BCUT2D eigenvalue weighted by atomic mass is 16.3. The number of nitrogens with zero attached hydrogens (tertiary/aromatic N) is 1. The van der Waals surface area contributed by atoms with Crippen LogP contribution in [0.2, 0.25) is 0 Å². The summed E-state index contributed by atoms with van der Waals surface area (Å²) in [4.78, 5) is 4.58. The third-order valence-electron chi connectivity index (χ3n) is 7.61. The van der Waals surface area contributed by atoms with Crippen LogP contribution >= 0.6 is 0 Å². The Labute approximate surface area is 184 Å². The molecule has 3 nitrogen and oxygen atoms in total. The van der Waals surface area contributed by atoms with Crippen molar-refractivity contribution in [1.82, 2.24) is 4.98 Å². The summed E-state index contributed by atoms with van der Waals surface area (Å²) in [6.45, 7) is 2.26. The van der Waals surface area contributed by atoms with E-state index in [0.29, 0.717) is 18.1 Å². The Kier molecular flexibility index (Phi) is 4.94. The van der Waals surface area contributed by atoms with Crippen molar-refractivity contribution in [2.75, 3.05) is 0 Å². The van der Waals surface area contributed by atoms with E-state index in [-0.39, 0.29) is 5.41 Å². The van der Waals surface area contributed by atoms with Gasteiger partial charge in [0, 0.05) is 11.6 Å². The molecule has 3 atom stereocenters. The van der Waals surface area contributed by atoms with Crippen LogP contribution in [-0.2, 0) is 17.4 Å². The van der Waals surface area contributed by atoms with E-state index in [4.69, 9.17) is 0 Å². The highest BCUT2D eigenvalue weighted by Gasteiger charge is 2.54. The zero-order valence-corrected chi connectivity index (χ0v) is 18.0. The Morgan fingerprint density at radius 1 is 1.06 bits per heavy atom. The van der Waals surface area contributed by atoms with Gasteiger partial charge in [0.05, 0.1) is 5.69 Å². The molecule has 1 saturated carbocycles. The summed E-state index contributed by atoms with van der Waals surface area (Å²) < 4.78 is 0. The first-order valence-electron chi connectivity index (χ1n) is 11.3. The molecule has 2 N–H and O–H groups in total. The molecule has 3 aromatic rings. The van der Waals surface area contributed by atoms with Gasteiger partial charge in [0.2, 0.25) is 0 Å². The molecule has 1 aromatic heterocycles. The van der Waals surface area contributed by atoms with Crippen molar-refractivity contribution in [3.8, 4) is 5.75 Å². The van der Waals surface area contributed by atoms with Crippen molar-refractivity contribution in [2.24, 2.45) is 5.92 Å². The molecule has 0 unspecified atom stereocenters. The Morgan fingerprint density at radius 3 is 2.61 bits per heavy atom. The molecule has 0 bridgehead atoms. The molecule has 0 saturated heterocycles. The second-order valence-corrected chi connectivity index (χ2v) is 9.12. The standard InChI is InChI=1S/C28H29NO2/c1-2-27-18-23(16-20-8-4-3-5-9-20)28(31,26-10-6-7-15-29-26)19-22(27)12-11-21-17-24(30)13-14-25(21)27/h3-10,13-17,22,30-31H,2,11-12,18-19H2,1H3/t22-,27-,28+/m1/s1. The van der Waals surface area contributed by atoms with Gasteiger partial charge in [0.1, 0.15) is 11.4 Å². The quantitative estimate of drug-likeness (QED) is 0.576. The molecule has 1 heterocycles. The van der Waals surface area contributed by atoms with E-state index in [1.54, 1.807) is 6.20 Å².